The first kappa shape index (κ1) is 29.9. The Morgan fingerprint density at radius 2 is 1.87 bits per heavy atom. The van der Waals surface area contributed by atoms with Crippen molar-refractivity contribution in [2.24, 2.45) is 0 Å². The molecule has 3 rings (SSSR count). The molecule has 0 radical (unpaired) electrons. The van der Waals surface area contributed by atoms with Crippen LogP contribution in [0.3, 0.4) is 0 Å². The van der Waals surface area contributed by atoms with Gasteiger partial charge < -0.3 is 24.0 Å². The lowest BCUT2D eigenvalue weighted by Crippen LogP contribution is -2.70. The van der Waals surface area contributed by atoms with E-state index in [0.29, 0.717) is 30.2 Å². The van der Waals surface area contributed by atoms with Gasteiger partial charge in [-0.2, -0.15) is 0 Å². The maximum Gasteiger partial charge on any atom is 0.514 e. The molecule has 2 atom stereocenters. The maximum absolute atomic E-state index is 12.8. The van der Waals surface area contributed by atoms with Crippen LogP contribution < -0.4 is 10.1 Å². The van der Waals surface area contributed by atoms with Crippen molar-refractivity contribution in [3.63, 3.8) is 0 Å². The summed E-state index contributed by atoms with van der Waals surface area (Å²) in [4.78, 5) is 39.3. The zero-order chi connectivity index (χ0) is 28.1. The molecule has 11 heteroatoms. The summed E-state index contributed by atoms with van der Waals surface area (Å²) in [7, 11) is -1.87. The van der Waals surface area contributed by atoms with E-state index >= 15 is 0 Å². The average Bonchev–Trinajstić information content (AvgIpc) is 2.87. The van der Waals surface area contributed by atoms with Gasteiger partial charge >= 0.3 is 12.1 Å². The Kier molecular flexibility index (Phi) is 9.85. The van der Waals surface area contributed by atoms with E-state index < -0.39 is 20.4 Å². The molecule has 0 spiro atoms. The van der Waals surface area contributed by atoms with Crippen LogP contribution in [0.15, 0.2) is 48.2 Å². The summed E-state index contributed by atoms with van der Waals surface area (Å²) < 4.78 is 22.1. The third-order valence-electron chi connectivity index (χ3n) is 6.89. The fourth-order valence-corrected chi connectivity index (χ4v) is 5.98. The number of β-lactam (4-membered cyclic amide) rings is 1. The number of rotatable bonds is 11. The first-order valence-corrected chi connectivity index (χ1v) is 16.6. The largest absolute Gasteiger partial charge is 0.514 e. The van der Waals surface area contributed by atoms with Gasteiger partial charge in [0.2, 0.25) is 5.91 Å². The molecule has 2 aliphatic heterocycles. The van der Waals surface area contributed by atoms with Crippen molar-refractivity contribution in [1.82, 2.24) is 10.2 Å². The van der Waals surface area contributed by atoms with Crippen molar-refractivity contribution in [2.75, 3.05) is 25.5 Å². The lowest BCUT2D eigenvalue weighted by atomic mass is 10.0. The number of carbonyl (C=O) groups excluding carboxylic acids is 3. The molecule has 1 fully saturated rings. The second-order valence-corrected chi connectivity index (χ2v) is 16.5. The molecule has 0 aromatic heterocycles. The molecule has 208 valence electrons. The van der Waals surface area contributed by atoms with Crippen LogP contribution in [0.25, 0.3) is 0 Å². The zero-order valence-electron chi connectivity index (χ0n) is 23.0. The molecule has 0 bridgehead atoms. The SMILES string of the molecule is C=CCOC(=O)C1=C(COC(=O)Oc2ccc(CO[Si](C)(C)C(C)(C)C)cc2)CS[C@@H]2[C@H](NCC)C(=O)N12. The van der Waals surface area contributed by atoms with Crippen molar-refractivity contribution >= 4 is 38.1 Å². The van der Waals surface area contributed by atoms with Gasteiger partial charge in [-0.05, 0) is 42.4 Å². The fourth-order valence-electron chi connectivity index (χ4n) is 3.67. The number of likely N-dealkylation sites (N-methyl/N-ethyl adjacent to an activating group) is 1. The number of nitrogens with zero attached hydrogens (tertiary/aromatic N) is 1. The van der Waals surface area contributed by atoms with E-state index in [0.717, 1.165) is 5.56 Å². The average molecular weight is 563 g/mol. The quantitative estimate of drug-likeness (QED) is 0.136. The smallest absolute Gasteiger partial charge is 0.457 e. The lowest BCUT2D eigenvalue weighted by Gasteiger charge is -2.49. The van der Waals surface area contributed by atoms with Gasteiger partial charge in [0.05, 0.1) is 6.61 Å². The number of esters is 1. The summed E-state index contributed by atoms with van der Waals surface area (Å²) in [5, 5.41) is 3.04. The maximum atomic E-state index is 12.8. The van der Waals surface area contributed by atoms with Gasteiger partial charge in [-0.25, -0.2) is 9.59 Å². The molecule has 2 aliphatic rings. The predicted molar refractivity (Wildman–Crippen MR) is 149 cm³/mol. The molecular weight excluding hydrogens is 524 g/mol. The Morgan fingerprint density at radius 1 is 1.18 bits per heavy atom. The fraction of sp³-hybridized carbons (Fsp3) is 0.519. The van der Waals surface area contributed by atoms with Gasteiger partial charge in [0.15, 0.2) is 8.32 Å². The third-order valence-corrected chi connectivity index (χ3v) is 12.7. The van der Waals surface area contributed by atoms with Gasteiger partial charge in [-0.3, -0.25) is 9.69 Å². The molecular formula is C27H38N2O7SSi. The van der Waals surface area contributed by atoms with Crippen LogP contribution in [-0.2, 0) is 30.1 Å². The second-order valence-electron chi connectivity index (χ2n) is 10.6. The molecule has 9 nitrogen and oxygen atoms in total. The van der Waals surface area contributed by atoms with Gasteiger partial charge in [-0.15, -0.1) is 11.8 Å². The number of benzene rings is 1. The summed E-state index contributed by atoms with van der Waals surface area (Å²) in [5.74, 6) is -0.131. The molecule has 1 saturated heterocycles. The molecule has 1 N–H and O–H groups in total. The summed E-state index contributed by atoms with van der Waals surface area (Å²) in [6.45, 7) is 17.4. The van der Waals surface area contributed by atoms with Crippen molar-refractivity contribution in [3.05, 3.63) is 53.8 Å². The number of carbonyl (C=O) groups is 3. The second kappa shape index (κ2) is 12.5. The predicted octanol–water partition coefficient (Wildman–Crippen LogP) is 4.60. The van der Waals surface area contributed by atoms with Crippen LogP contribution in [0.5, 0.6) is 5.75 Å². The Hall–Kier alpha value is -2.60. The first-order chi connectivity index (χ1) is 17.9. The monoisotopic (exact) mass is 562 g/mol. The van der Waals surface area contributed by atoms with Crippen LogP contribution in [-0.4, -0.2) is 68.2 Å². The third kappa shape index (κ3) is 6.88. The number of ether oxygens (including phenoxy) is 3. The number of nitrogens with one attached hydrogen (secondary N) is 1. The Bertz CT molecular complexity index is 1080. The van der Waals surface area contributed by atoms with E-state index in [4.69, 9.17) is 18.6 Å². The van der Waals surface area contributed by atoms with Crippen molar-refractivity contribution in [2.45, 2.75) is 63.8 Å². The number of hydrogen-bond donors (Lipinski definition) is 1. The minimum Gasteiger partial charge on any atom is -0.457 e. The molecule has 1 amide bonds. The van der Waals surface area contributed by atoms with E-state index in [1.54, 1.807) is 12.1 Å². The minimum atomic E-state index is -1.87. The van der Waals surface area contributed by atoms with E-state index in [2.05, 4.69) is 45.8 Å². The van der Waals surface area contributed by atoms with E-state index in [-0.39, 0.29) is 41.3 Å². The van der Waals surface area contributed by atoms with Crippen LogP contribution in [0.2, 0.25) is 18.1 Å². The van der Waals surface area contributed by atoms with Gasteiger partial charge in [0, 0.05) is 11.3 Å². The van der Waals surface area contributed by atoms with Crippen LogP contribution in [0, 0.1) is 0 Å². The highest BCUT2D eigenvalue weighted by atomic mass is 32.2. The summed E-state index contributed by atoms with van der Waals surface area (Å²) in [6.07, 6.45) is 0.541. The Morgan fingerprint density at radius 3 is 2.47 bits per heavy atom. The molecule has 0 unspecified atom stereocenters. The van der Waals surface area contributed by atoms with Crippen LogP contribution >= 0.6 is 11.8 Å². The first-order valence-electron chi connectivity index (χ1n) is 12.6. The van der Waals surface area contributed by atoms with Crippen molar-refractivity contribution < 1.29 is 33.0 Å². The Labute approximate surface area is 230 Å². The van der Waals surface area contributed by atoms with E-state index in [1.165, 1.54) is 22.7 Å². The number of amides is 1. The number of thioether (sulfide) groups is 1. The zero-order valence-corrected chi connectivity index (χ0v) is 24.8. The van der Waals surface area contributed by atoms with Gasteiger partial charge in [-0.1, -0.05) is 52.5 Å². The standard InChI is InChI=1S/C27H38N2O7SSi/c1-8-14-33-25(31)22-19(17-37-24-21(28-9-2)23(30)29(22)24)16-34-26(32)36-20-12-10-18(11-13-20)15-35-38(6,7)27(3,4)5/h8,10-13,21,24,28H,1,9,14-17H2,2-7H3/t21-,24-/m1/s1. The molecule has 1 aromatic carbocycles. The number of fused-ring (bicyclic) bond motifs is 1. The van der Waals surface area contributed by atoms with E-state index in [1.807, 2.05) is 19.1 Å². The van der Waals surface area contributed by atoms with Crippen molar-refractivity contribution in [1.29, 1.82) is 0 Å². The molecule has 0 saturated carbocycles. The Balaban J connectivity index is 1.61. The topological polar surface area (TPSA) is 103 Å². The molecule has 1 aromatic rings. The van der Waals surface area contributed by atoms with Crippen molar-refractivity contribution in [3.8, 4) is 5.75 Å². The number of hydrogen-bond acceptors (Lipinski definition) is 9. The van der Waals surface area contributed by atoms with Crippen LogP contribution in [0.1, 0.15) is 33.3 Å². The molecule has 2 heterocycles. The van der Waals surface area contributed by atoms with Gasteiger partial charge in [0.25, 0.3) is 0 Å². The summed E-state index contributed by atoms with van der Waals surface area (Å²) in [6, 6.07) is 6.70. The van der Waals surface area contributed by atoms with Gasteiger partial charge in [0.1, 0.15) is 36.1 Å². The minimum absolute atomic E-state index is 0.00587. The normalized spacial score (nSPS) is 19.4. The highest BCUT2D eigenvalue weighted by molar-refractivity contribution is 8.00. The highest BCUT2D eigenvalue weighted by Crippen LogP contribution is 2.41. The molecule has 38 heavy (non-hydrogen) atoms. The highest BCUT2D eigenvalue weighted by Gasteiger charge is 2.53. The van der Waals surface area contributed by atoms with E-state index in [9.17, 15) is 14.4 Å². The summed E-state index contributed by atoms with van der Waals surface area (Å²) in [5.41, 5.74) is 1.58. The molecule has 0 aliphatic carbocycles. The summed E-state index contributed by atoms with van der Waals surface area (Å²) >= 11 is 1.50. The lowest BCUT2D eigenvalue weighted by molar-refractivity contribution is -0.151. The van der Waals surface area contributed by atoms with Crippen LogP contribution in [0.4, 0.5) is 4.79 Å².